The van der Waals surface area contributed by atoms with E-state index in [1.165, 1.54) is 0 Å². The number of hydrogen-bond acceptors (Lipinski definition) is 4. The molecule has 1 aromatic heterocycles. The summed E-state index contributed by atoms with van der Waals surface area (Å²) >= 11 is 0. The minimum Gasteiger partial charge on any atom is -0.393 e. The Kier molecular flexibility index (Phi) is 5.43. The molecule has 5 heteroatoms. The summed E-state index contributed by atoms with van der Waals surface area (Å²) in [7, 11) is 0. The fraction of sp³-hybridized carbons (Fsp3) is 0.474. The average Bonchev–Trinajstić information content (AvgIpc) is 2.57. The van der Waals surface area contributed by atoms with E-state index in [0.29, 0.717) is 32.5 Å². The SMILES string of the molecule is CCOCCC(=O)N[C@@H](c1cnc2ccccc2c1)C1CC(O)C1. The van der Waals surface area contributed by atoms with E-state index in [1.54, 1.807) is 0 Å². The lowest BCUT2D eigenvalue weighted by Gasteiger charge is -2.38. The number of carbonyl (C=O) groups excluding carboxylic acids is 1. The van der Waals surface area contributed by atoms with Crippen molar-refractivity contribution in [2.24, 2.45) is 5.92 Å². The van der Waals surface area contributed by atoms with Crippen LogP contribution in [0.3, 0.4) is 0 Å². The van der Waals surface area contributed by atoms with E-state index in [4.69, 9.17) is 4.74 Å². The van der Waals surface area contributed by atoms with Gasteiger partial charge < -0.3 is 15.2 Å². The van der Waals surface area contributed by atoms with E-state index in [1.807, 2.05) is 37.4 Å². The lowest BCUT2D eigenvalue weighted by molar-refractivity contribution is -0.124. The smallest absolute Gasteiger partial charge is 0.222 e. The van der Waals surface area contributed by atoms with E-state index in [2.05, 4.69) is 16.4 Å². The van der Waals surface area contributed by atoms with Gasteiger partial charge in [0.25, 0.3) is 0 Å². The largest absolute Gasteiger partial charge is 0.393 e. The molecule has 0 saturated heterocycles. The van der Waals surface area contributed by atoms with E-state index < -0.39 is 0 Å². The van der Waals surface area contributed by atoms with Gasteiger partial charge in [0.1, 0.15) is 0 Å². The second kappa shape index (κ2) is 7.73. The number of rotatable bonds is 7. The van der Waals surface area contributed by atoms with Crippen LogP contribution >= 0.6 is 0 Å². The number of aromatic nitrogens is 1. The number of nitrogens with zero attached hydrogens (tertiary/aromatic N) is 1. The molecule has 3 rings (SSSR count). The molecule has 1 aromatic carbocycles. The summed E-state index contributed by atoms with van der Waals surface area (Å²) < 4.78 is 5.25. The van der Waals surface area contributed by atoms with Crippen LogP contribution in [0.2, 0.25) is 0 Å². The number of para-hydroxylation sites is 1. The van der Waals surface area contributed by atoms with Crippen molar-refractivity contribution in [1.82, 2.24) is 10.3 Å². The van der Waals surface area contributed by atoms with E-state index in [0.717, 1.165) is 16.5 Å². The summed E-state index contributed by atoms with van der Waals surface area (Å²) in [6.07, 6.45) is 3.35. The minimum absolute atomic E-state index is 0.0250. The lowest BCUT2D eigenvalue weighted by atomic mass is 9.75. The van der Waals surface area contributed by atoms with Crippen molar-refractivity contribution in [3.8, 4) is 0 Å². The van der Waals surface area contributed by atoms with Crippen molar-refractivity contribution in [3.05, 3.63) is 42.1 Å². The molecule has 1 saturated carbocycles. The molecule has 2 N–H and O–H groups in total. The maximum Gasteiger partial charge on any atom is 0.222 e. The number of amides is 1. The van der Waals surface area contributed by atoms with Crippen LogP contribution in [0.1, 0.15) is 37.8 Å². The van der Waals surface area contributed by atoms with Gasteiger partial charge in [-0.15, -0.1) is 0 Å². The highest BCUT2D eigenvalue weighted by molar-refractivity contribution is 5.80. The van der Waals surface area contributed by atoms with Crippen LogP contribution in [0.25, 0.3) is 10.9 Å². The van der Waals surface area contributed by atoms with Crippen LogP contribution in [-0.2, 0) is 9.53 Å². The first-order valence-corrected chi connectivity index (χ1v) is 8.57. The molecule has 1 aliphatic carbocycles. The van der Waals surface area contributed by atoms with Crippen molar-refractivity contribution < 1.29 is 14.6 Å². The molecule has 24 heavy (non-hydrogen) atoms. The molecule has 0 unspecified atom stereocenters. The lowest BCUT2D eigenvalue weighted by Crippen LogP contribution is -2.41. The highest BCUT2D eigenvalue weighted by atomic mass is 16.5. The normalized spacial score (nSPS) is 21.2. The Labute approximate surface area is 142 Å². The Hall–Kier alpha value is -1.98. The maximum absolute atomic E-state index is 12.2. The number of hydrogen-bond donors (Lipinski definition) is 2. The zero-order valence-corrected chi connectivity index (χ0v) is 13.9. The van der Waals surface area contributed by atoms with Crippen molar-refractivity contribution in [1.29, 1.82) is 0 Å². The Morgan fingerprint density at radius 2 is 2.21 bits per heavy atom. The van der Waals surface area contributed by atoms with Gasteiger partial charge >= 0.3 is 0 Å². The van der Waals surface area contributed by atoms with E-state index in [-0.39, 0.29) is 24.0 Å². The fourth-order valence-electron chi connectivity index (χ4n) is 3.19. The van der Waals surface area contributed by atoms with Gasteiger partial charge in [-0.2, -0.15) is 0 Å². The van der Waals surface area contributed by atoms with Gasteiger partial charge in [-0.05, 0) is 43.4 Å². The Morgan fingerprint density at radius 1 is 1.42 bits per heavy atom. The number of fused-ring (bicyclic) bond motifs is 1. The van der Waals surface area contributed by atoms with Crippen molar-refractivity contribution >= 4 is 16.8 Å². The van der Waals surface area contributed by atoms with Crippen molar-refractivity contribution in [2.75, 3.05) is 13.2 Å². The summed E-state index contributed by atoms with van der Waals surface area (Å²) in [5.41, 5.74) is 1.94. The molecular weight excluding hydrogens is 304 g/mol. The molecule has 1 fully saturated rings. The molecule has 0 spiro atoms. The molecule has 1 atom stereocenters. The molecule has 1 aliphatic rings. The van der Waals surface area contributed by atoms with Crippen LogP contribution in [0.5, 0.6) is 0 Å². The quantitative estimate of drug-likeness (QED) is 0.766. The Bertz CT molecular complexity index is 698. The molecule has 1 heterocycles. The van der Waals surface area contributed by atoms with Gasteiger partial charge in [0.05, 0.1) is 24.3 Å². The highest BCUT2D eigenvalue weighted by Crippen LogP contribution is 2.38. The number of pyridine rings is 1. The van der Waals surface area contributed by atoms with Crippen LogP contribution in [0.4, 0.5) is 0 Å². The first-order valence-electron chi connectivity index (χ1n) is 8.57. The van der Waals surface area contributed by atoms with Gasteiger partial charge in [0, 0.05) is 24.6 Å². The molecule has 1 amide bonds. The number of carbonyl (C=O) groups is 1. The second-order valence-corrected chi connectivity index (χ2v) is 6.34. The summed E-state index contributed by atoms with van der Waals surface area (Å²) in [6.45, 7) is 2.95. The predicted molar refractivity (Wildman–Crippen MR) is 92.5 cm³/mol. The molecule has 0 bridgehead atoms. The van der Waals surface area contributed by atoms with E-state index >= 15 is 0 Å². The van der Waals surface area contributed by atoms with Gasteiger partial charge in [-0.3, -0.25) is 9.78 Å². The standard InChI is InChI=1S/C19H24N2O3/c1-2-24-8-7-18(23)21-19(14-10-16(22)11-14)15-9-13-5-3-4-6-17(13)20-12-15/h3-6,9,12,14,16,19,22H,2,7-8,10-11H2,1H3,(H,21,23)/t14?,16?,19-/m1/s1. The number of aliphatic hydroxyl groups excluding tert-OH is 1. The van der Waals surface area contributed by atoms with Crippen molar-refractivity contribution in [3.63, 3.8) is 0 Å². The average molecular weight is 328 g/mol. The number of ether oxygens (including phenoxy) is 1. The fourth-order valence-corrected chi connectivity index (χ4v) is 3.19. The van der Waals surface area contributed by atoms with Gasteiger partial charge in [0.15, 0.2) is 0 Å². The van der Waals surface area contributed by atoms with Crippen LogP contribution in [0.15, 0.2) is 36.5 Å². The third kappa shape index (κ3) is 3.91. The third-order valence-corrected chi connectivity index (χ3v) is 4.59. The summed E-state index contributed by atoms with van der Waals surface area (Å²) in [5, 5.41) is 13.8. The number of aliphatic hydroxyl groups is 1. The first kappa shape index (κ1) is 16.9. The number of benzene rings is 1. The zero-order valence-electron chi connectivity index (χ0n) is 13.9. The van der Waals surface area contributed by atoms with Gasteiger partial charge in [-0.1, -0.05) is 18.2 Å². The van der Waals surface area contributed by atoms with Crippen LogP contribution < -0.4 is 5.32 Å². The molecule has 0 radical (unpaired) electrons. The Morgan fingerprint density at radius 3 is 2.96 bits per heavy atom. The topological polar surface area (TPSA) is 71.5 Å². The summed E-state index contributed by atoms with van der Waals surface area (Å²) in [5.74, 6) is 0.224. The minimum atomic E-state index is -0.258. The molecule has 5 nitrogen and oxygen atoms in total. The molecule has 0 aliphatic heterocycles. The van der Waals surface area contributed by atoms with Crippen LogP contribution in [-0.4, -0.2) is 35.3 Å². The predicted octanol–water partition coefficient (Wildman–Crippen LogP) is 2.59. The summed E-state index contributed by atoms with van der Waals surface area (Å²) in [4.78, 5) is 16.7. The third-order valence-electron chi connectivity index (χ3n) is 4.59. The molecule has 128 valence electrons. The maximum atomic E-state index is 12.2. The van der Waals surface area contributed by atoms with E-state index in [9.17, 15) is 9.90 Å². The molecule has 2 aromatic rings. The monoisotopic (exact) mass is 328 g/mol. The summed E-state index contributed by atoms with van der Waals surface area (Å²) in [6, 6.07) is 9.92. The first-order chi connectivity index (χ1) is 11.7. The second-order valence-electron chi connectivity index (χ2n) is 6.34. The Balaban J connectivity index is 1.77. The van der Waals surface area contributed by atoms with Gasteiger partial charge in [0.2, 0.25) is 5.91 Å². The van der Waals surface area contributed by atoms with Gasteiger partial charge in [-0.25, -0.2) is 0 Å². The number of nitrogens with one attached hydrogen (secondary N) is 1. The molecular formula is C19H24N2O3. The van der Waals surface area contributed by atoms with Crippen LogP contribution in [0, 0.1) is 5.92 Å². The van der Waals surface area contributed by atoms with Crippen molar-refractivity contribution in [2.45, 2.75) is 38.3 Å². The zero-order chi connectivity index (χ0) is 16.9. The highest BCUT2D eigenvalue weighted by Gasteiger charge is 2.35.